The summed E-state index contributed by atoms with van der Waals surface area (Å²) in [5.74, 6) is -1.19. The summed E-state index contributed by atoms with van der Waals surface area (Å²) in [6.07, 6.45) is 1.06. The number of rotatable bonds is 4. The number of carbonyl (C=O) groups excluding carboxylic acids is 1. The number of carbonyl (C=O) groups is 1. The number of hydrogen-bond acceptors (Lipinski definition) is 6. The van der Waals surface area contributed by atoms with Crippen LogP contribution in [0.4, 0.5) is 5.69 Å². The van der Waals surface area contributed by atoms with Gasteiger partial charge < -0.3 is 10.2 Å². The minimum atomic E-state index is -0.698. The highest BCUT2D eigenvalue weighted by Gasteiger charge is 2.14. The van der Waals surface area contributed by atoms with Gasteiger partial charge in [0.15, 0.2) is 0 Å². The number of benzene rings is 2. The Balaban J connectivity index is 2.19. The van der Waals surface area contributed by atoms with Crippen molar-refractivity contribution in [1.82, 2.24) is 5.43 Å². The van der Waals surface area contributed by atoms with Crippen molar-refractivity contribution in [1.29, 1.82) is 0 Å². The number of nitro groups is 1. The standard InChI is InChI=1S/C14H9Br2N3O5/c15-8-4-10(13(21)11(16)5-8)14(22)18-17-6-7-3-9(19(23)24)1-2-12(7)20/h1-6,20-21H,(H,18,22)/b17-6-. The van der Waals surface area contributed by atoms with E-state index in [4.69, 9.17) is 0 Å². The molecular formula is C14H9Br2N3O5. The second-order valence-corrected chi connectivity index (χ2v) is 6.25. The van der Waals surface area contributed by atoms with Crippen LogP contribution < -0.4 is 5.43 Å². The van der Waals surface area contributed by atoms with Crippen molar-refractivity contribution in [2.45, 2.75) is 0 Å². The Kier molecular flexibility index (Phi) is 5.52. The van der Waals surface area contributed by atoms with Gasteiger partial charge in [0.25, 0.3) is 11.6 Å². The average molecular weight is 459 g/mol. The number of nitrogens with one attached hydrogen (secondary N) is 1. The highest BCUT2D eigenvalue weighted by atomic mass is 79.9. The third kappa shape index (κ3) is 4.09. The second-order valence-electron chi connectivity index (χ2n) is 4.48. The number of aromatic hydroxyl groups is 2. The molecule has 10 heteroatoms. The van der Waals surface area contributed by atoms with Gasteiger partial charge in [-0.15, -0.1) is 0 Å². The van der Waals surface area contributed by atoms with Crippen LogP contribution in [0.5, 0.6) is 11.5 Å². The first-order valence-corrected chi connectivity index (χ1v) is 7.87. The Morgan fingerprint density at radius 2 is 1.96 bits per heavy atom. The molecule has 0 fully saturated rings. The predicted octanol–water partition coefficient (Wildman–Crippen LogP) is 3.29. The molecule has 0 saturated carbocycles. The van der Waals surface area contributed by atoms with Gasteiger partial charge in [-0.05, 0) is 34.1 Å². The van der Waals surface area contributed by atoms with Gasteiger partial charge in [-0.2, -0.15) is 5.10 Å². The first-order valence-electron chi connectivity index (χ1n) is 6.28. The van der Waals surface area contributed by atoms with E-state index in [0.717, 1.165) is 24.4 Å². The topological polar surface area (TPSA) is 125 Å². The number of hydrogen-bond donors (Lipinski definition) is 3. The van der Waals surface area contributed by atoms with E-state index in [1.165, 1.54) is 6.07 Å². The van der Waals surface area contributed by atoms with Gasteiger partial charge in [-0.1, -0.05) is 15.9 Å². The summed E-state index contributed by atoms with van der Waals surface area (Å²) in [4.78, 5) is 22.1. The molecule has 0 aromatic heterocycles. The lowest BCUT2D eigenvalue weighted by Crippen LogP contribution is -2.18. The molecule has 0 radical (unpaired) electrons. The van der Waals surface area contributed by atoms with Crippen LogP contribution in [0.25, 0.3) is 0 Å². The summed E-state index contributed by atoms with van der Waals surface area (Å²) in [6.45, 7) is 0. The molecule has 2 aromatic rings. The lowest BCUT2D eigenvalue weighted by molar-refractivity contribution is -0.384. The zero-order valence-electron chi connectivity index (χ0n) is 11.7. The molecule has 24 heavy (non-hydrogen) atoms. The Morgan fingerprint density at radius 3 is 2.62 bits per heavy atom. The molecule has 8 nitrogen and oxygen atoms in total. The Bertz CT molecular complexity index is 855. The highest BCUT2D eigenvalue weighted by Crippen LogP contribution is 2.31. The van der Waals surface area contributed by atoms with E-state index >= 15 is 0 Å². The van der Waals surface area contributed by atoms with Crippen LogP contribution in [0, 0.1) is 10.1 Å². The molecule has 0 unspecified atom stereocenters. The van der Waals surface area contributed by atoms with Gasteiger partial charge in [0.2, 0.25) is 0 Å². The molecule has 0 bridgehead atoms. The zero-order valence-corrected chi connectivity index (χ0v) is 14.9. The van der Waals surface area contributed by atoms with E-state index in [9.17, 15) is 25.1 Å². The first kappa shape index (κ1) is 17.9. The van der Waals surface area contributed by atoms with Crippen molar-refractivity contribution in [2.24, 2.45) is 5.10 Å². The van der Waals surface area contributed by atoms with E-state index in [0.29, 0.717) is 8.95 Å². The fraction of sp³-hybridized carbons (Fsp3) is 0. The predicted molar refractivity (Wildman–Crippen MR) is 93.3 cm³/mol. The molecule has 124 valence electrons. The summed E-state index contributed by atoms with van der Waals surface area (Å²) in [5, 5.41) is 33.8. The summed E-state index contributed by atoms with van der Waals surface area (Å²) < 4.78 is 0.889. The van der Waals surface area contributed by atoms with Crippen molar-refractivity contribution in [2.75, 3.05) is 0 Å². The number of phenolic OH excluding ortho intramolecular Hbond substituents is 2. The normalized spacial score (nSPS) is 10.8. The molecule has 0 heterocycles. The van der Waals surface area contributed by atoms with E-state index < -0.39 is 10.8 Å². The van der Waals surface area contributed by atoms with Gasteiger partial charge >= 0.3 is 0 Å². The Morgan fingerprint density at radius 1 is 1.25 bits per heavy atom. The molecule has 0 aliphatic carbocycles. The molecule has 2 rings (SSSR count). The number of nitrogens with zero attached hydrogens (tertiary/aromatic N) is 2. The maximum atomic E-state index is 12.0. The number of nitro benzene ring substituents is 1. The van der Waals surface area contributed by atoms with Crippen LogP contribution in [0.15, 0.2) is 44.4 Å². The van der Waals surface area contributed by atoms with Crippen LogP contribution in [0.3, 0.4) is 0 Å². The SMILES string of the molecule is O=C(N/N=C\c1cc([N+](=O)[O-])ccc1O)c1cc(Br)cc(Br)c1O. The van der Waals surface area contributed by atoms with Crippen LogP contribution in [0.1, 0.15) is 15.9 Å². The molecule has 2 aromatic carbocycles. The van der Waals surface area contributed by atoms with Gasteiger partial charge in [0, 0.05) is 22.2 Å². The fourth-order valence-corrected chi connectivity index (χ4v) is 2.94. The Labute approximate surface area is 152 Å². The lowest BCUT2D eigenvalue weighted by atomic mass is 10.2. The molecule has 0 aliphatic rings. The largest absolute Gasteiger partial charge is 0.507 e. The fourth-order valence-electron chi connectivity index (χ4n) is 1.72. The van der Waals surface area contributed by atoms with Gasteiger partial charge in [0.1, 0.15) is 11.5 Å². The molecular weight excluding hydrogens is 450 g/mol. The van der Waals surface area contributed by atoms with Crippen molar-refractivity contribution >= 4 is 49.7 Å². The van der Waals surface area contributed by atoms with Crippen molar-refractivity contribution in [3.05, 3.63) is 60.5 Å². The van der Waals surface area contributed by atoms with E-state index in [1.807, 2.05) is 0 Å². The van der Waals surface area contributed by atoms with E-state index in [1.54, 1.807) is 6.07 Å². The molecule has 0 spiro atoms. The summed E-state index contributed by atoms with van der Waals surface area (Å²) in [7, 11) is 0. The number of amides is 1. The monoisotopic (exact) mass is 457 g/mol. The maximum Gasteiger partial charge on any atom is 0.275 e. The quantitative estimate of drug-likeness (QED) is 0.368. The molecule has 3 N–H and O–H groups in total. The summed E-state index contributed by atoms with van der Waals surface area (Å²) >= 11 is 6.30. The Hall–Kier alpha value is -2.46. The van der Waals surface area contributed by atoms with Crippen molar-refractivity contribution < 1.29 is 19.9 Å². The van der Waals surface area contributed by atoms with Gasteiger partial charge in [0.05, 0.1) is 21.2 Å². The van der Waals surface area contributed by atoms with Crippen LogP contribution in [-0.2, 0) is 0 Å². The van der Waals surface area contributed by atoms with Crippen LogP contribution >= 0.6 is 31.9 Å². The van der Waals surface area contributed by atoms with E-state index in [-0.39, 0.29) is 28.3 Å². The van der Waals surface area contributed by atoms with Crippen LogP contribution in [0.2, 0.25) is 0 Å². The third-order valence-electron chi connectivity index (χ3n) is 2.86. The highest BCUT2D eigenvalue weighted by molar-refractivity contribution is 9.11. The number of non-ortho nitro benzene ring substituents is 1. The molecule has 0 atom stereocenters. The minimum absolute atomic E-state index is 0.0309. The lowest BCUT2D eigenvalue weighted by Gasteiger charge is -2.06. The van der Waals surface area contributed by atoms with Crippen molar-refractivity contribution in [3.63, 3.8) is 0 Å². The number of phenols is 2. The minimum Gasteiger partial charge on any atom is -0.507 e. The third-order valence-corrected chi connectivity index (χ3v) is 3.93. The van der Waals surface area contributed by atoms with E-state index in [2.05, 4.69) is 42.4 Å². The van der Waals surface area contributed by atoms with Crippen molar-refractivity contribution in [3.8, 4) is 11.5 Å². The first-order chi connectivity index (χ1) is 11.3. The zero-order chi connectivity index (χ0) is 17.9. The number of halogens is 2. The molecule has 0 saturated heterocycles. The second kappa shape index (κ2) is 7.41. The van der Waals surface area contributed by atoms with Crippen LogP contribution in [-0.4, -0.2) is 27.3 Å². The average Bonchev–Trinajstić information content (AvgIpc) is 2.52. The van der Waals surface area contributed by atoms with Gasteiger partial charge in [-0.3, -0.25) is 14.9 Å². The van der Waals surface area contributed by atoms with Gasteiger partial charge in [-0.25, -0.2) is 5.43 Å². The number of hydrazone groups is 1. The smallest absolute Gasteiger partial charge is 0.275 e. The summed E-state index contributed by atoms with van der Waals surface area (Å²) in [6, 6.07) is 6.37. The maximum absolute atomic E-state index is 12.0. The molecule has 1 amide bonds. The molecule has 0 aliphatic heterocycles. The summed E-state index contributed by atoms with van der Waals surface area (Å²) in [5.41, 5.74) is 1.97.